The monoisotopic (exact) mass is 250 g/mol. The number of nitrogens with zero attached hydrogens (tertiary/aromatic N) is 2. The molecule has 0 aliphatic carbocycles. The molecule has 0 aliphatic heterocycles. The summed E-state index contributed by atoms with van der Waals surface area (Å²) < 4.78 is 8.10. The fraction of sp³-hybridized carbons (Fsp3) is 0.333. The summed E-state index contributed by atoms with van der Waals surface area (Å²) in [7, 11) is 0. The van der Waals surface area contributed by atoms with Crippen molar-refractivity contribution in [2.24, 2.45) is 0 Å². The van der Waals surface area contributed by atoms with Gasteiger partial charge in [-0.1, -0.05) is 0 Å². The Labute approximate surface area is 103 Å². The molecule has 2 aromatic heterocycles. The van der Waals surface area contributed by atoms with E-state index in [-0.39, 0.29) is 29.6 Å². The van der Waals surface area contributed by atoms with Crippen LogP contribution in [0.15, 0.2) is 33.9 Å². The van der Waals surface area contributed by atoms with Gasteiger partial charge in [-0.15, -0.1) is 0 Å². The van der Waals surface area contributed by atoms with E-state index in [1.54, 1.807) is 17.0 Å². The Bertz CT molecular complexity index is 618. The molecular formula is C12H14N2O4. The molecule has 0 aliphatic rings. The lowest BCUT2D eigenvalue weighted by atomic mass is 10.2. The summed E-state index contributed by atoms with van der Waals surface area (Å²) in [5, 5.41) is 8.94. The molecule has 6 heteroatoms. The van der Waals surface area contributed by atoms with Crippen molar-refractivity contribution in [3.8, 4) is 0 Å². The van der Waals surface area contributed by atoms with Crippen LogP contribution in [-0.4, -0.2) is 20.2 Å². The van der Waals surface area contributed by atoms with Crippen LogP contribution < -0.4 is 5.69 Å². The van der Waals surface area contributed by atoms with E-state index >= 15 is 0 Å². The second kappa shape index (κ2) is 4.56. The Morgan fingerprint density at radius 1 is 1.44 bits per heavy atom. The minimum absolute atomic E-state index is 0.0642. The van der Waals surface area contributed by atoms with E-state index in [2.05, 4.69) is 0 Å². The highest BCUT2D eigenvalue weighted by Crippen LogP contribution is 2.12. The van der Waals surface area contributed by atoms with Gasteiger partial charge < -0.3 is 9.52 Å². The zero-order valence-corrected chi connectivity index (χ0v) is 10.2. The molecular weight excluding hydrogens is 236 g/mol. The number of imidazole rings is 1. The van der Waals surface area contributed by atoms with E-state index in [9.17, 15) is 9.59 Å². The minimum atomic E-state index is -1.06. The van der Waals surface area contributed by atoms with Gasteiger partial charge in [-0.3, -0.25) is 9.13 Å². The van der Waals surface area contributed by atoms with E-state index in [0.29, 0.717) is 0 Å². The van der Waals surface area contributed by atoms with Crippen LogP contribution in [0.5, 0.6) is 0 Å². The molecule has 6 nitrogen and oxygen atoms in total. The molecule has 0 bridgehead atoms. The molecule has 2 aromatic rings. The maximum absolute atomic E-state index is 12.0. The smallest absolute Gasteiger partial charge is 0.339 e. The van der Waals surface area contributed by atoms with Crippen LogP contribution in [0.25, 0.3) is 0 Å². The van der Waals surface area contributed by atoms with E-state index in [4.69, 9.17) is 9.52 Å². The zero-order chi connectivity index (χ0) is 13.3. The molecule has 0 amide bonds. The van der Waals surface area contributed by atoms with Crippen LogP contribution in [-0.2, 0) is 6.54 Å². The maximum atomic E-state index is 12.0. The molecule has 0 unspecified atom stereocenters. The van der Waals surface area contributed by atoms with E-state index in [1.807, 2.05) is 13.8 Å². The first-order valence-electron chi connectivity index (χ1n) is 5.57. The number of rotatable bonds is 4. The fourth-order valence-corrected chi connectivity index (χ4v) is 1.75. The third-order valence-electron chi connectivity index (χ3n) is 2.72. The summed E-state index contributed by atoms with van der Waals surface area (Å²) in [6.07, 6.45) is 4.61. The average molecular weight is 250 g/mol. The van der Waals surface area contributed by atoms with Gasteiger partial charge in [0.25, 0.3) is 0 Å². The fourth-order valence-electron chi connectivity index (χ4n) is 1.75. The second-order valence-electron chi connectivity index (χ2n) is 4.27. The van der Waals surface area contributed by atoms with Crippen molar-refractivity contribution < 1.29 is 14.3 Å². The highest BCUT2D eigenvalue weighted by Gasteiger charge is 2.15. The predicted octanol–water partition coefficient (Wildman–Crippen LogP) is 1.57. The number of aromatic carboxylic acids is 1. The molecule has 0 saturated heterocycles. The molecule has 0 fully saturated rings. The van der Waals surface area contributed by atoms with E-state index in [0.717, 1.165) is 0 Å². The molecule has 0 radical (unpaired) electrons. The number of carbonyl (C=O) groups is 1. The number of aromatic nitrogens is 2. The van der Waals surface area contributed by atoms with E-state index in [1.165, 1.54) is 16.9 Å². The first-order valence-corrected chi connectivity index (χ1v) is 5.57. The van der Waals surface area contributed by atoms with E-state index < -0.39 is 5.97 Å². The number of hydrogen-bond acceptors (Lipinski definition) is 3. The quantitative estimate of drug-likeness (QED) is 0.893. The normalized spacial score (nSPS) is 11.1. The van der Waals surface area contributed by atoms with Crippen molar-refractivity contribution in [2.45, 2.75) is 26.4 Å². The number of furan rings is 1. The van der Waals surface area contributed by atoms with Crippen molar-refractivity contribution in [2.75, 3.05) is 0 Å². The van der Waals surface area contributed by atoms with Gasteiger partial charge in [-0.25, -0.2) is 9.59 Å². The highest BCUT2D eigenvalue weighted by atomic mass is 16.4. The van der Waals surface area contributed by atoms with Gasteiger partial charge in [0.05, 0.1) is 12.8 Å². The van der Waals surface area contributed by atoms with Gasteiger partial charge in [-0.2, -0.15) is 0 Å². The molecule has 18 heavy (non-hydrogen) atoms. The van der Waals surface area contributed by atoms with Crippen LogP contribution in [0.1, 0.15) is 36.0 Å². The molecule has 2 rings (SSSR count). The Morgan fingerprint density at radius 2 is 2.17 bits per heavy atom. The Hall–Kier alpha value is -2.24. The van der Waals surface area contributed by atoms with Gasteiger partial charge in [0.15, 0.2) is 0 Å². The minimum Gasteiger partial charge on any atom is -0.478 e. The number of carboxylic acids is 1. The summed E-state index contributed by atoms with van der Waals surface area (Å²) in [6.45, 7) is 3.93. The van der Waals surface area contributed by atoms with Crippen LogP contribution >= 0.6 is 0 Å². The Kier molecular flexibility index (Phi) is 3.10. The largest absolute Gasteiger partial charge is 0.478 e. The lowest BCUT2D eigenvalue weighted by Crippen LogP contribution is -2.25. The van der Waals surface area contributed by atoms with Crippen molar-refractivity contribution >= 4 is 5.97 Å². The van der Waals surface area contributed by atoms with Gasteiger partial charge in [-0.05, 0) is 19.9 Å². The Morgan fingerprint density at radius 3 is 2.72 bits per heavy atom. The molecule has 2 heterocycles. The summed E-state index contributed by atoms with van der Waals surface area (Å²) in [5.74, 6) is -0.791. The third kappa shape index (κ3) is 2.09. The SMILES string of the molecule is CC(C)n1ccn(Cc2occc2C(=O)O)c1=O. The van der Waals surface area contributed by atoms with Gasteiger partial charge in [0, 0.05) is 18.4 Å². The standard InChI is InChI=1S/C12H14N2O4/c1-8(2)14-5-4-13(12(14)17)7-10-9(11(15)16)3-6-18-10/h3-6,8H,7H2,1-2H3,(H,15,16). The summed E-state index contributed by atoms with van der Waals surface area (Å²) in [5.41, 5.74) is -0.100. The molecule has 0 atom stereocenters. The maximum Gasteiger partial charge on any atom is 0.339 e. The lowest BCUT2D eigenvalue weighted by molar-refractivity contribution is 0.0694. The zero-order valence-electron chi connectivity index (χ0n) is 10.2. The third-order valence-corrected chi connectivity index (χ3v) is 2.72. The lowest BCUT2D eigenvalue weighted by Gasteiger charge is -2.04. The average Bonchev–Trinajstić information content (AvgIpc) is 2.87. The first-order chi connectivity index (χ1) is 8.50. The summed E-state index contributed by atoms with van der Waals surface area (Å²) in [6, 6.07) is 1.44. The van der Waals surface area contributed by atoms with Crippen LogP contribution in [0, 0.1) is 0 Å². The van der Waals surface area contributed by atoms with Crippen LogP contribution in [0.2, 0.25) is 0 Å². The number of hydrogen-bond donors (Lipinski definition) is 1. The molecule has 0 spiro atoms. The van der Waals surface area contributed by atoms with Crippen molar-refractivity contribution in [3.63, 3.8) is 0 Å². The highest BCUT2D eigenvalue weighted by molar-refractivity contribution is 5.88. The predicted molar refractivity (Wildman–Crippen MR) is 63.8 cm³/mol. The van der Waals surface area contributed by atoms with Crippen molar-refractivity contribution in [1.29, 1.82) is 0 Å². The molecule has 1 N–H and O–H groups in total. The van der Waals surface area contributed by atoms with Crippen molar-refractivity contribution in [1.82, 2.24) is 9.13 Å². The number of carboxylic acid groups (broad SMARTS) is 1. The summed E-state index contributed by atoms with van der Waals surface area (Å²) >= 11 is 0. The molecule has 0 saturated carbocycles. The second-order valence-corrected chi connectivity index (χ2v) is 4.27. The van der Waals surface area contributed by atoms with Gasteiger partial charge >= 0.3 is 11.7 Å². The summed E-state index contributed by atoms with van der Waals surface area (Å²) in [4.78, 5) is 22.9. The van der Waals surface area contributed by atoms with Crippen LogP contribution in [0.4, 0.5) is 0 Å². The Balaban J connectivity index is 2.32. The van der Waals surface area contributed by atoms with Crippen molar-refractivity contribution in [3.05, 3.63) is 46.5 Å². The van der Waals surface area contributed by atoms with Gasteiger partial charge in [0.2, 0.25) is 0 Å². The first kappa shape index (κ1) is 12.2. The topological polar surface area (TPSA) is 77.4 Å². The molecule has 96 valence electrons. The molecule has 0 aromatic carbocycles. The van der Waals surface area contributed by atoms with Crippen LogP contribution in [0.3, 0.4) is 0 Å². The van der Waals surface area contributed by atoms with Gasteiger partial charge in [0.1, 0.15) is 11.3 Å².